The third-order valence-corrected chi connectivity index (χ3v) is 3.30. The number of hydrogen-bond donors (Lipinski definition) is 0. The first-order valence-electron chi connectivity index (χ1n) is 6.18. The van der Waals surface area contributed by atoms with Crippen LogP contribution in [-0.2, 0) is 0 Å². The standard InChI is InChI=1S/C12H15BrO.C2H6.H2S/c1-9-6-7-12(11(13)8-9)14-10-4-2-3-5-10;1-2;/h6-8,10H,2-5H2,1H3;1-2H3;1H2. The maximum absolute atomic E-state index is 5.91. The molecule has 1 fully saturated rings. The molecule has 3 heteroatoms. The molecule has 0 saturated heterocycles. The van der Waals surface area contributed by atoms with E-state index in [1.807, 2.05) is 13.8 Å². The summed E-state index contributed by atoms with van der Waals surface area (Å²) in [5, 5.41) is 0. The highest BCUT2D eigenvalue weighted by Gasteiger charge is 2.17. The van der Waals surface area contributed by atoms with Crippen molar-refractivity contribution in [3.63, 3.8) is 0 Å². The Labute approximate surface area is 121 Å². The van der Waals surface area contributed by atoms with Crippen LogP contribution in [0.25, 0.3) is 0 Å². The molecule has 1 aliphatic rings. The van der Waals surface area contributed by atoms with Crippen LogP contribution in [0.5, 0.6) is 5.75 Å². The fraction of sp³-hybridized carbons (Fsp3) is 0.571. The summed E-state index contributed by atoms with van der Waals surface area (Å²) in [6.07, 6.45) is 5.48. The molecule has 2 rings (SSSR count). The lowest BCUT2D eigenvalue weighted by atomic mass is 10.2. The maximum Gasteiger partial charge on any atom is 0.133 e. The van der Waals surface area contributed by atoms with E-state index in [0.717, 1.165) is 10.2 Å². The molecule has 0 amide bonds. The predicted octanol–water partition coefficient (Wildman–Crippen LogP) is 5.22. The Bertz CT molecular complexity index is 322. The Morgan fingerprint density at radius 2 is 1.76 bits per heavy atom. The number of halogens is 1. The monoisotopic (exact) mass is 318 g/mol. The second-order valence-electron chi connectivity index (χ2n) is 3.96. The zero-order valence-electron chi connectivity index (χ0n) is 10.9. The van der Waals surface area contributed by atoms with Gasteiger partial charge in [-0.2, -0.15) is 13.5 Å². The predicted molar refractivity (Wildman–Crippen MR) is 83.5 cm³/mol. The number of aryl methyl sites for hydroxylation is 1. The van der Waals surface area contributed by atoms with E-state index < -0.39 is 0 Å². The van der Waals surface area contributed by atoms with Crippen LogP contribution in [0.1, 0.15) is 45.1 Å². The molecule has 0 radical (unpaired) electrons. The lowest BCUT2D eigenvalue weighted by Crippen LogP contribution is -2.11. The molecule has 17 heavy (non-hydrogen) atoms. The van der Waals surface area contributed by atoms with Gasteiger partial charge in [0.2, 0.25) is 0 Å². The van der Waals surface area contributed by atoms with Crippen molar-refractivity contribution in [2.24, 2.45) is 0 Å². The van der Waals surface area contributed by atoms with E-state index in [1.54, 1.807) is 0 Å². The van der Waals surface area contributed by atoms with Crippen LogP contribution < -0.4 is 4.74 Å². The second-order valence-corrected chi connectivity index (χ2v) is 4.81. The first kappa shape index (κ1) is 16.9. The maximum atomic E-state index is 5.91. The van der Waals surface area contributed by atoms with Crippen molar-refractivity contribution in [2.45, 2.75) is 52.6 Å². The second kappa shape index (κ2) is 8.87. The minimum atomic E-state index is 0. The molecule has 0 bridgehead atoms. The molecular weight excluding hydrogens is 296 g/mol. The van der Waals surface area contributed by atoms with Crippen LogP contribution in [0, 0.1) is 6.92 Å². The lowest BCUT2D eigenvalue weighted by Gasteiger charge is -2.14. The first-order chi connectivity index (χ1) is 7.75. The highest BCUT2D eigenvalue weighted by atomic mass is 79.9. The van der Waals surface area contributed by atoms with E-state index >= 15 is 0 Å². The third kappa shape index (κ3) is 5.35. The number of hydrogen-bond acceptors (Lipinski definition) is 1. The Hall–Kier alpha value is -0.150. The Kier molecular flexibility index (Phi) is 8.79. The quantitative estimate of drug-likeness (QED) is 0.726. The average molecular weight is 319 g/mol. The molecule has 98 valence electrons. The van der Waals surface area contributed by atoms with Crippen molar-refractivity contribution in [1.29, 1.82) is 0 Å². The van der Waals surface area contributed by atoms with Gasteiger partial charge >= 0.3 is 0 Å². The van der Waals surface area contributed by atoms with Crippen molar-refractivity contribution < 1.29 is 4.74 Å². The summed E-state index contributed by atoms with van der Waals surface area (Å²) in [4.78, 5) is 0. The number of benzene rings is 1. The molecule has 1 aromatic rings. The molecule has 0 unspecified atom stereocenters. The Morgan fingerprint density at radius 1 is 1.18 bits per heavy atom. The fourth-order valence-electron chi connectivity index (χ4n) is 1.89. The van der Waals surface area contributed by atoms with E-state index in [9.17, 15) is 0 Å². The largest absolute Gasteiger partial charge is 0.489 e. The van der Waals surface area contributed by atoms with Gasteiger partial charge in [0.25, 0.3) is 0 Å². The molecule has 0 spiro atoms. The molecule has 0 aliphatic heterocycles. The van der Waals surface area contributed by atoms with Crippen LogP contribution in [0.3, 0.4) is 0 Å². The van der Waals surface area contributed by atoms with Crippen LogP contribution in [-0.4, -0.2) is 6.10 Å². The van der Waals surface area contributed by atoms with Crippen LogP contribution >= 0.6 is 29.4 Å². The normalized spacial score (nSPS) is 14.6. The molecule has 1 aliphatic carbocycles. The fourth-order valence-corrected chi connectivity index (χ4v) is 2.47. The van der Waals surface area contributed by atoms with Crippen LogP contribution in [0.15, 0.2) is 22.7 Å². The summed E-state index contributed by atoms with van der Waals surface area (Å²) in [5.41, 5.74) is 1.26. The Balaban J connectivity index is 0.000000811. The summed E-state index contributed by atoms with van der Waals surface area (Å²) in [5.74, 6) is 0.988. The smallest absolute Gasteiger partial charge is 0.133 e. The SMILES string of the molecule is CC.Cc1ccc(OC2CCCC2)c(Br)c1.S. The summed E-state index contributed by atoms with van der Waals surface area (Å²) in [7, 11) is 0. The van der Waals surface area contributed by atoms with Gasteiger partial charge in [-0.1, -0.05) is 19.9 Å². The molecule has 0 N–H and O–H groups in total. The first-order valence-corrected chi connectivity index (χ1v) is 6.98. The molecular formula is C14H23BrOS. The van der Waals surface area contributed by atoms with Crippen molar-refractivity contribution >= 4 is 29.4 Å². The molecule has 0 heterocycles. The van der Waals surface area contributed by atoms with Gasteiger partial charge in [0.15, 0.2) is 0 Å². The number of rotatable bonds is 2. The third-order valence-electron chi connectivity index (χ3n) is 2.68. The molecule has 0 atom stereocenters. The Morgan fingerprint density at radius 3 is 2.29 bits per heavy atom. The minimum Gasteiger partial charge on any atom is -0.489 e. The highest BCUT2D eigenvalue weighted by Crippen LogP contribution is 2.30. The van der Waals surface area contributed by atoms with E-state index in [1.165, 1.54) is 31.2 Å². The summed E-state index contributed by atoms with van der Waals surface area (Å²) < 4.78 is 6.99. The summed E-state index contributed by atoms with van der Waals surface area (Å²) in [6, 6.07) is 6.25. The van der Waals surface area contributed by atoms with Gasteiger partial charge in [0, 0.05) is 0 Å². The average Bonchev–Trinajstić information content (AvgIpc) is 2.78. The van der Waals surface area contributed by atoms with Gasteiger partial charge in [-0.05, 0) is 66.2 Å². The van der Waals surface area contributed by atoms with E-state index in [-0.39, 0.29) is 13.5 Å². The topological polar surface area (TPSA) is 9.23 Å². The van der Waals surface area contributed by atoms with Gasteiger partial charge in [0.05, 0.1) is 10.6 Å². The van der Waals surface area contributed by atoms with Crippen molar-refractivity contribution in [3.8, 4) is 5.75 Å². The summed E-state index contributed by atoms with van der Waals surface area (Å²) >= 11 is 3.53. The van der Waals surface area contributed by atoms with Gasteiger partial charge in [0.1, 0.15) is 5.75 Å². The zero-order valence-corrected chi connectivity index (χ0v) is 13.5. The lowest BCUT2D eigenvalue weighted by molar-refractivity contribution is 0.208. The van der Waals surface area contributed by atoms with Crippen LogP contribution in [0.2, 0.25) is 0 Å². The van der Waals surface area contributed by atoms with E-state index in [0.29, 0.717) is 6.10 Å². The summed E-state index contributed by atoms with van der Waals surface area (Å²) in [6.45, 7) is 6.09. The van der Waals surface area contributed by atoms with Crippen molar-refractivity contribution in [1.82, 2.24) is 0 Å². The molecule has 0 aromatic heterocycles. The van der Waals surface area contributed by atoms with E-state index in [4.69, 9.17) is 4.74 Å². The molecule has 1 aromatic carbocycles. The highest BCUT2D eigenvalue weighted by molar-refractivity contribution is 9.10. The minimum absolute atomic E-state index is 0. The van der Waals surface area contributed by atoms with Gasteiger partial charge in [-0.3, -0.25) is 0 Å². The van der Waals surface area contributed by atoms with Gasteiger partial charge in [-0.25, -0.2) is 0 Å². The van der Waals surface area contributed by atoms with Crippen molar-refractivity contribution in [3.05, 3.63) is 28.2 Å². The van der Waals surface area contributed by atoms with Gasteiger partial charge < -0.3 is 4.74 Å². The number of ether oxygens (including phenoxy) is 1. The van der Waals surface area contributed by atoms with E-state index in [2.05, 4.69) is 41.1 Å². The zero-order chi connectivity index (χ0) is 12.0. The molecule has 1 nitrogen and oxygen atoms in total. The van der Waals surface area contributed by atoms with Crippen LogP contribution in [0.4, 0.5) is 0 Å². The molecule has 1 saturated carbocycles. The van der Waals surface area contributed by atoms with Gasteiger partial charge in [-0.15, -0.1) is 0 Å². The van der Waals surface area contributed by atoms with Crippen molar-refractivity contribution in [2.75, 3.05) is 0 Å².